The number of sulfonamides is 1. The van der Waals surface area contributed by atoms with Crippen molar-refractivity contribution < 1.29 is 37.1 Å². The Morgan fingerprint density at radius 2 is 1.55 bits per heavy atom. The van der Waals surface area contributed by atoms with Crippen LogP contribution in [0.25, 0.3) is 0 Å². The van der Waals surface area contributed by atoms with Gasteiger partial charge in [-0.15, -0.1) is 0 Å². The number of amides is 3. The fourth-order valence-corrected chi connectivity index (χ4v) is 6.39. The summed E-state index contributed by atoms with van der Waals surface area (Å²) in [4.78, 5) is 51.2. The first-order valence-electron chi connectivity index (χ1n) is 13.3. The maximum Gasteiger partial charge on any atom is 0.308 e. The molecule has 3 aromatic rings. The van der Waals surface area contributed by atoms with Crippen LogP contribution in [0.1, 0.15) is 68.8 Å². The van der Waals surface area contributed by atoms with E-state index in [-0.39, 0.29) is 17.9 Å². The Morgan fingerprint density at radius 3 is 2.12 bits per heavy atom. The third kappa shape index (κ3) is 4.94. The number of imide groups is 1. The summed E-state index contributed by atoms with van der Waals surface area (Å²) in [6, 6.07) is 12.2. The highest BCUT2D eigenvalue weighted by Crippen LogP contribution is 2.44. The molecule has 0 saturated heterocycles. The average molecular weight is 591 g/mol. The van der Waals surface area contributed by atoms with Gasteiger partial charge in [0.05, 0.1) is 22.6 Å². The highest BCUT2D eigenvalue weighted by molar-refractivity contribution is 7.90. The second kappa shape index (κ2) is 10.4. The van der Waals surface area contributed by atoms with Gasteiger partial charge < -0.3 is 9.47 Å². The molecule has 2 aliphatic heterocycles. The van der Waals surface area contributed by atoms with E-state index < -0.39 is 39.3 Å². The average Bonchev–Trinajstić information content (AvgIpc) is 3.19. The maximum atomic E-state index is 13.3. The molecule has 2 aliphatic rings. The van der Waals surface area contributed by atoms with Crippen molar-refractivity contribution >= 4 is 33.7 Å². The van der Waals surface area contributed by atoms with E-state index in [1.807, 2.05) is 6.92 Å². The largest absolute Gasteiger partial charge is 0.477 e. The summed E-state index contributed by atoms with van der Waals surface area (Å²) in [5.41, 5.74) is 2.66. The topological polar surface area (TPSA) is 136 Å². The highest BCUT2D eigenvalue weighted by Gasteiger charge is 2.43. The summed E-state index contributed by atoms with van der Waals surface area (Å²) in [7, 11) is -4.26. The molecule has 5 rings (SSSR count). The van der Waals surface area contributed by atoms with E-state index in [4.69, 9.17) is 9.47 Å². The first-order valence-corrected chi connectivity index (χ1v) is 14.8. The van der Waals surface area contributed by atoms with Crippen LogP contribution in [-0.4, -0.2) is 42.6 Å². The van der Waals surface area contributed by atoms with Crippen molar-refractivity contribution in [3.8, 4) is 11.5 Å². The summed E-state index contributed by atoms with van der Waals surface area (Å²) < 4.78 is 40.0. The molecular formula is C31H30N2O8S. The van der Waals surface area contributed by atoms with Gasteiger partial charge >= 0.3 is 5.97 Å². The lowest BCUT2D eigenvalue weighted by atomic mass is 9.87. The summed E-state index contributed by atoms with van der Waals surface area (Å²) in [6.45, 7) is 8.24. The molecule has 1 N–H and O–H groups in total. The number of hydrogen-bond acceptors (Lipinski definition) is 8. The number of carbonyl (C=O) groups is 4. The smallest absolute Gasteiger partial charge is 0.308 e. The number of nitrogens with one attached hydrogen (secondary N) is 1. The van der Waals surface area contributed by atoms with Crippen molar-refractivity contribution in [3.63, 3.8) is 0 Å². The standard InChI is InChI=1S/C31H30N2O8S/c1-17-18(2)27-23(19(3)26(17)40-20(4)34)14-15-31(5,41-27)30(37)32-42(38,39)22-12-10-21(11-13-22)16-33-28(35)24-8-6-7-9-25(24)29(33)36/h6-13H,14-16H2,1-5H3,(H,32,37). The third-order valence-electron chi connectivity index (χ3n) is 7.90. The Kier molecular flexibility index (Phi) is 7.18. The molecule has 3 aromatic carbocycles. The van der Waals surface area contributed by atoms with Gasteiger partial charge in [-0.3, -0.25) is 24.1 Å². The Hall–Kier alpha value is -4.51. The van der Waals surface area contributed by atoms with Crippen molar-refractivity contribution in [2.75, 3.05) is 0 Å². The number of rotatable bonds is 6. The van der Waals surface area contributed by atoms with Crippen LogP contribution < -0.4 is 14.2 Å². The number of carbonyl (C=O) groups excluding carboxylic acids is 4. The van der Waals surface area contributed by atoms with E-state index in [1.54, 1.807) is 38.1 Å². The number of hydrogen-bond donors (Lipinski definition) is 1. The van der Waals surface area contributed by atoms with Crippen molar-refractivity contribution in [3.05, 3.63) is 87.5 Å². The second-order valence-electron chi connectivity index (χ2n) is 10.8. The first-order chi connectivity index (χ1) is 19.7. The molecule has 0 bridgehead atoms. The molecule has 3 amide bonds. The lowest BCUT2D eigenvalue weighted by Crippen LogP contribution is -2.52. The Morgan fingerprint density at radius 1 is 0.952 bits per heavy atom. The third-order valence-corrected chi connectivity index (χ3v) is 9.24. The number of benzene rings is 3. The molecule has 0 saturated carbocycles. The molecule has 10 nitrogen and oxygen atoms in total. The Bertz CT molecular complexity index is 1740. The molecule has 1 atom stereocenters. The molecule has 0 aromatic heterocycles. The van der Waals surface area contributed by atoms with Crippen LogP contribution in [-0.2, 0) is 32.6 Å². The summed E-state index contributed by atoms with van der Waals surface area (Å²) in [5.74, 6) is -1.15. The van der Waals surface area contributed by atoms with Crippen LogP contribution in [0.3, 0.4) is 0 Å². The Labute approximate surface area is 243 Å². The van der Waals surface area contributed by atoms with Gasteiger partial charge in [0, 0.05) is 18.9 Å². The van der Waals surface area contributed by atoms with E-state index in [2.05, 4.69) is 4.72 Å². The zero-order chi connectivity index (χ0) is 30.6. The van der Waals surface area contributed by atoms with E-state index in [1.165, 1.54) is 38.1 Å². The van der Waals surface area contributed by atoms with Crippen LogP contribution in [0.5, 0.6) is 11.5 Å². The van der Waals surface area contributed by atoms with Gasteiger partial charge in [0.25, 0.3) is 27.7 Å². The quantitative estimate of drug-likeness (QED) is 0.259. The van der Waals surface area contributed by atoms with E-state index in [0.717, 1.165) is 16.0 Å². The fourth-order valence-electron chi connectivity index (χ4n) is 5.32. The minimum Gasteiger partial charge on any atom is -0.477 e. The van der Waals surface area contributed by atoms with Crippen LogP contribution in [0.4, 0.5) is 0 Å². The van der Waals surface area contributed by atoms with Crippen molar-refractivity contribution in [1.82, 2.24) is 9.62 Å². The van der Waals surface area contributed by atoms with Gasteiger partial charge in [-0.05, 0) is 80.6 Å². The van der Waals surface area contributed by atoms with E-state index >= 15 is 0 Å². The van der Waals surface area contributed by atoms with Gasteiger partial charge in [-0.1, -0.05) is 24.3 Å². The van der Waals surface area contributed by atoms with Crippen LogP contribution in [0.15, 0.2) is 53.4 Å². The molecule has 218 valence electrons. The molecule has 0 fully saturated rings. The predicted molar refractivity (Wildman–Crippen MR) is 152 cm³/mol. The Balaban J connectivity index is 1.31. The monoisotopic (exact) mass is 590 g/mol. The van der Waals surface area contributed by atoms with Gasteiger partial charge in [0.1, 0.15) is 11.5 Å². The van der Waals surface area contributed by atoms with Gasteiger partial charge in [-0.2, -0.15) is 0 Å². The zero-order valence-electron chi connectivity index (χ0n) is 23.9. The predicted octanol–water partition coefficient (Wildman–Crippen LogP) is 3.92. The summed E-state index contributed by atoms with van der Waals surface area (Å²) >= 11 is 0. The van der Waals surface area contributed by atoms with Crippen LogP contribution in [0.2, 0.25) is 0 Å². The SMILES string of the molecule is CC(=O)Oc1c(C)c(C)c2c(c1C)CCC(C)(C(=O)NS(=O)(=O)c1ccc(CN3C(=O)c4ccccc4C3=O)cc1)O2. The van der Waals surface area contributed by atoms with E-state index in [9.17, 15) is 27.6 Å². The molecule has 0 spiro atoms. The molecule has 0 aliphatic carbocycles. The first kappa shape index (κ1) is 29.0. The molecule has 11 heteroatoms. The molecule has 1 unspecified atom stereocenters. The minimum absolute atomic E-state index is 0.0261. The summed E-state index contributed by atoms with van der Waals surface area (Å²) in [5, 5.41) is 0. The normalized spacial score (nSPS) is 17.8. The lowest BCUT2D eigenvalue weighted by Gasteiger charge is -2.36. The van der Waals surface area contributed by atoms with Crippen molar-refractivity contribution in [2.45, 2.75) is 64.5 Å². The van der Waals surface area contributed by atoms with Gasteiger partial charge in [0.2, 0.25) is 0 Å². The zero-order valence-corrected chi connectivity index (χ0v) is 24.7. The number of nitrogens with zero attached hydrogens (tertiary/aromatic N) is 1. The number of ether oxygens (including phenoxy) is 2. The number of esters is 1. The van der Waals surface area contributed by atoms with Gasteiger partial charge in [0.15, 0.2) is 5.60 Å². The van der Waals surface area contributed by atoms with Crippen molar-refractivity contribution in [2.24, 2.45) is 0 Å². The highest BCUT2D eigenvalue weighted by atomic mass is 32.2. The maximum absolute atomic E-state index is 13.3. The van der Waals surface area contributed by atoms with E-state index in [0.29, 0.717) is 45.7 Å². The van der Waals surface area contributed by atoms with Gasteiger partial charge in [-0.25, -0.2) is 13.1 Å². The minimum atomic E-state index is -4.26. The fraction of sp³-hybridized carbons (Fsp3) is 0.290. The van der Waals surface area contributed by atoms with Crippen LogP contribution >= 0.6 is 0 Å². The second-order valence-corrected chi connectivity index (χ2v) is 12.4. The molecular weight excluding hydrogens is 560 g/mol. The molecule has 0 radical (unpaired) electrons. The molecule has 42 heavy (non-hydrogen) atoms. The molecule has 2 heterocycles. The number of fused-ring (bicyclic) bond motifs is 2. The summed E-state index contributed by atoms with van der Waals surface area (Å²) in [6.07, 6.45) is 0.608. The van der Waals surface area contributed by atoms with Crippen LogP contribution in [0, 0.1) is 20.8 Å². The lowest BCUT2D eigenvalue weighted by molar-refractivity contribution is -0.135. The van der Waals surface area contributed by atoms with Crippen molar-refractivity contribution in [1.29, 1.82) is 0 Å².